The SMILES string of the molecule is CC(C)CC(C)(O)CNCC1CCC(C(=O)O)O1. The minimum absolute atomic E-state index is 0.0547. The van der Waals surface area contributed by atoms with Crippen LogP contribution in [0.4, 0.5) is 0 Å². The van der Waals surface area contributed by atoms with Gasteiger partial charge in [0.05, 0.1) is 11.7 Å². The topological polar surface area (TPSA) is 78.8 Å². The highest BCUT2D eigenvalue weighted by Gasteiger charge is 2.30. The summed E-state index contributed by atoms with van der Waals surface area (Å²) in [5.41, 5.74) is -0.723. The Morgan fingerprint density at radius 3 is 2.67 bits per heavy atom. The second kappa shape index (κ2) is 6.50. The van der Waals surface area contributed by atoms with Gasteiger partial charge in [0, 0.05) is 13.1 Å². The number of hydrogen-bond donors (Lipinski definition) is 3. The number of nitrogens with one attached hydrogen (secondary N) is 1. The van der Waals surface area contributed by atoms with Gasteiger partial charge >= 0.3 is 5.97 Å². The summed E-state index contributed by atoms with van der Waals surface area (Å²) in [4.78, 5) is 10.7. The quantitative estimate of drug-likeness (QED) is 0.636. The van der Waals surface area contributed by atoms with E-state index >= 15 is 0 Å². The monoisotopic (exact) mass is 259 g/mol. The van der Waals surface area contributed by atoms with E-state index in [0.717, 1.165) is 12.8 Å². The molecule has 3 atom stereocenters. The van der Waals surface area contributed by atoms with Gasteiger partial charge in [0.15, 0.2) is 6.10 Å². The van der Waals surface area contributed by atoms with Crippen molar-refractivity contribution in [2.45, 2.75) is 57.8 Å². The van der Waals surface area contributed by atoms with Crippen molar-refractivity contribution in [3.8, 4) is 0 Å². The third kappa shape index (κ3) is 5.33. The van der Waals surface area contributed by atoms with Crippen molar-refractivity contribution >= 4 is 5.97 Å². The van der Waals surface area contributed by atoms with Crippen LogP contribution >= 0.6 is 0 Å². The second-order valence-corrected chi connectivity index (χ2v) is 5.89. The highest BCUT2D eigenvalue weighted by molar-refractivity contribution is 5.72. The molecule has 0 aliphatic carbocycles. The third-order valence-electron chi connectivity index (χ3n) is 3.11. The van der Waals surface area contributed by atoms with E-state index in [4.69, 9.17) is 9.84 Å². The van der Waals surface area contributed by atoms with Crippen molar-refractivity contribution in [1.29, 1.82) is 0 Å². The normalized spacial score (nSPS) is 27.4. The van der Waals surface area contributed by atoms with Gasteiger partial charge in [-0.15, -0.1) is 0 Å². The highest BCUT2D eigenvalue weighted by Crippen LogP contribution is 2.20. The molecule has 1 rings (SSSR count). The fraction of sp³-hybridized carbons (Fsp3) is 0.923. The molecule has 0 amide bonds. The van der Waals surface area contributed by atoms with Crippen molar-refractivity contribution in [3.05, 3.63) is 0 Å². The summed E-state index contributed by atoms with van der Waals surface area (Å²) < 4.78 is 5.38. The van der Waals surface area contributed by atoms with Crippen molar-refractivity contribution in [2.24, 2.45) is 5.92 Å². The second-order valence-electron chi connectivity index (χ2n) is 5.89. The average molecular weight is 259 g/mol. The maximum absolute atomic E-state index is 10.7. The lowest BCUT2D eigenvalue weighted by molar-refractivity contribution is -0.149. The molecule has 106 valence electrons. The smallest absolute Gasteiger partial charge is 0.332 e. The first-order valence-electron chi connectivity index (χ1n) is 6.61. The molecule has 1 fully saturated rings. The molecule has 0 saturated carbocycles. The average Bonchev–Trinajstić information content (AvgIpc) is 2.63. The van der Waals surface area contributed by atoms with Crippen LogP contribution in [0.5, 0.6) is 0 Å². The number of rotatable bonds is 7. The van der Waals surface area contributed by atoms with E-state index in [-0.39, 0.29) is 6.10 Å². The van der Waals surface area contributed by atoms with Crippen LogP contribution in [0.1, 0.15) is 40.0 Å². The van der Waals surface area contributed by atoms with E-state index in [1.165, 1.54) is 0 Å². The molecule has 3 N–H and O–H groups in total. The van der Waals surface area contributed by atoms with Crippen molar-refractivity contribution in [2.75, 3.05) is 13.1 Å². The summed E-state index contributed by atoms with van der Waals surface area (Å²) in [7, 11) is 0. The van der Waals surface area contributed by atoms with Crippen LogP contribution in [0.3, 0.4) is 0 Å². The molecule has 1 aliphatic heterocycles. The van der Waals surface area contributed by atoms with E-state index in [1.807, 2.05) is 6.92 Å². The van der Waals surface area contributed by atoms with Gasteiger partial charge in [0.25, 0.3) is 0 Å². The number of carboxylic acid groups (broad SMARTS) is 1. The van der Waals surface area contributed by atoms with Crippen molar-refractivity contribution < 1.29 is 19.7 Å². The van der Waals surface area contributed by atoms with E-state index in [1.54, 1.807) is 0 Å². The molecule has 5 heteroatoms. The zero-order valence-electron chi connectivity index (χ0n) is 11.5. The largest absolute Gasteiger partial charge is 0.479 e. The molecule has 0 radical (unpaired) electrons. The van der Waals surface area contributed by atoms with Crippen molar-refractivity contribution in [3.63, 3.8) is 0 Å². The Bertz CT molecular complexity index is 278. The van der Waals surface area contributed by atoms with Gasteiger partial charge in [0.2, 0.25) is 0 Å². The fourth-order valence-corrected chi connectivity index (χ4v) is 2.49. The molecule has 0 aromatic heterocycles. The Morgan fingerprint density at radius 1 is 1.50 bits per heavy atom. The number of carboxylic acids is 1. The Morgan fingerprint density at radius 2 is 2.17 bits per heavy atom. The van der Waals surface area contributed by atoms with E-state index in [0.29, 0.717) is 25.4 Å². The Balaban J connectivity index is 2.21. The van der Waals surface area contributed by atoms with E-state index < -0.39 is 17.7 Å². The summed E-state index contributed by atoms with van der Waals surface area (Å²) in [5.74, 6) is -0.440. The van der Waals surface area contributed by atoms with Gasteiger partial charge in [0.1, 0.15) is 0 Å². The predicted molar refractivity (Wildman–Crippen MR) is 68.5 cm³/mol. The standard InChI is InChI=1S/C13H25NO4/c1-9(2)6-13(3,17)8-14-7-10-4-5-11(18-10)12(15)16/h9-11,14,17H,4-8H2,1-3H3,(H,15,16). The molecule has 0 bridgehead atoms. The van der Waals surface area contributed by atoms with Crippen LogP contribution in [0, 0.1) is 5.92 Å². The first-order valence-corrected chi connectivity index (χ1v) is 6.61. The summed E-state index contributed by atoms with van der Waals surface area (Å²) in [6.07, 6.45) is 1.36. The van der Waals surface area contributed by atoms with Gasteiger partial charge in [-0.25, -0.2) is 4.79 Å². The first-order chi connectivity index (χ1) is 8.30. The number of aliphatic hydroxyl groups is 1. The first kappa shape index (κ1) is 15.4. The van der Waals surface area contributed by atoms with Crippen LogP contribution < -0.4 is 5.32 Å². The van der Waals surface area contributed by atoms with Gasteiger partial charge < -0.3 is 20.3 Å². The van der Waals surface area contributed by atoms with Crippen LogP contribution in [0.15, 0.2) is 0 Å². The lowest BCUT2D eigenvalue weighted by atomic mass is 9.94. The molecule has 1 saturated heterocycles. The fourth-order valence-electron chi connectivity index (χ4n) is 2.49. The zero-order chi connectivity index (χ0) is 13.8. The summed E-state index contributed by atoms with van der Waals surface area (Å²) >= 11 is 0. The molecule has 3 unspecified atom stereocenters. The number of hydrogen-bond acceptors (Lipinski definition) is 4. The Labute approximate surface area is 109 Å². The molecule has 18 heavy (non-hydrogen) atoms. The molecule has 0 aromatic rings. The van der Waals surface area contributed by atoms with Gasteiger partial charge in [-0.3, -0.25) is 0 Å². The zero-order valence-corrected chi connectivity index (χ0v) is 11.5. The molecule has 0 spiro atoms. The Kier molecular flexibility index (Phi) is 5.56. The highest BCUT2D eigenvalue weighted by atomic mass is 16.5. The number of ether oxygens (including phenoxy) is 1. The third-order valence-corrected chi connectivity index (χ3v) is 3.11. The maximum Gasteiger partial charge on any atom is 0.332 e. The molecular formula is C13H25NO4. The number of carbonyl (C=O) groups is 1. The molecule has 5 nitrogen and oxygen atoms in total. The maximum atomic E-state index is 10.7. The van der Waals surface area contributed by atoms with E-state index in [2.05, 4.69) is 19.2 Å². The Hall–Kier alpha value is -0.650. The lowest BCUT2D eigenvalue weighted by Crippen LogP contribution is -2.41. The summed E-state index contributed by atoms with van der Waals surface area (Å²) in [6, 6.07) is 0. The van der Waals surface area contributed by atoms with Gasteiger partial charge in [-0.1, -0.05) is 13.8 Å². The minimum atomic E-state index is -0.885. The summed E-state index contributed by atoms with van der Waals surface area (Å²) in [5, 5.41) is 22.1. The summed E-state index contributed by atoms with van der Waals surface area (Å²) in [6.45, 7) is 7.06. The predicted octanol–water partition coefficient (Wildman–Crippen LogP) is 1.01. The van der Waals surface area contributed by atoms with Crippen molar-refractivity contribution in [1.82, 2.24) is 5.32 Å². The molecular weight excluding hydrogens is 234 g/mol. The van der Waals surface area contributed by atoms with Gasteiger partial charge in [-0.05, 0) is 32.1 Å². The lowest BCUT2D eigenvalue weighted by Gasteiger charge is -2.26. The van der Waals surface area contributed by atoms with Gasteiger partial charge in [-0.2, -0.15) is 0 Å². The van der Waals surface area contributed by atoms with Crippen LogP contribution in [0.25, 0.3) is 0 Å². The van der Waals surface area contributed by atoms with Crippen LogP contribution in [-0.4, -0.2) is 47.1 Å². The molecule has 1 heterocycles. The van der Waals surface area contributed by atoms with Crippen LogP contribution in [-0.2, 0) is 9.53 Å². The van der Waals surface area contributed by atoms with Crippen LogP contribution in [0.2, 0.25) is 0 Å². The molecule has 0 aromatic carbocycles. The molecule has 1 aliphatic rings. The number of aliphatic carboxylic acids is 1. The van der Waals surface area contributed by atoms with E-state index in [9.17, 15) is 9.90 Å². The minimum Gasteiger partial charge on any atom is -0.479 e.